The molecule has 0 radical (unpaired) electrons. The molecule has 0 saturated heterocycles. The van der Waals surface area contributed by atoms with Crippen LogP contribution in [0.5, 0.6) is 0 Å². The molecule has 0 atom stereocenters. The van der Waals surface area contributed by atoms with E-state index in [1.54, 1.807) is 0 Å². The number of hydrogen-bond donors (Lipinski definition) is 2. The fraction of sp³-hybridized carbons (Fsp3) is 0.364. The molecule has 1 aliphatic rings. The van der Waals surface area contributed by atoms with Crippen molar-refractivity contribution in [2.75, 3.05) is 12.3 Å². The van der Waals surface area contributed by atoms with Gasteiger partial charge in [-0.05, 0) is 30.5 Å². The number of anilines is 1. The Balaban J connectivity index is 2.47. The van der Waals surface area contributed by atoms with Crippen molar-refractivity contribution in [3.63, 3.8) is 0 Å². The topological polar surface area (TPSA) is 69.1 Å². The first-order chi connectivity index (χ1) is 6.74. The summed E-state index contributed by atoms with van der Waals surface area (Å²) in [6.45, 7) is 0.594. The Morgan fingerprint density at radius 1 is 1.29 bits per heavy atom. The normalized spacial score (nSPS) is 14.5. The first-order valence-electron chi connectivity index (χ1n) is 4.87. The quantitative estimate of drug-likeness (QED) is 0.681. The fourth-order valence-corrected chi connectivity index (χ4v) is 1.99. The Hall–Kier alpha value is -1.35. The molecule has 1 aliphatic carbocycles. The number of Topliss-reactive ketones (excluding diaryl/α,β-unsaturated/α-hetero) is 1. The molecular weight excluding hydrogens is 176 g/mol. The molecule has 4 N–H and O–H groups in total. The summed E-state index contributed by atoms with van der Waals surface area (Å²) < 4.78 is 0. The Morgan fingerprint density at radius 3 is 2.79 bits per heavy atom. The molecule has 74 valence electrons. The molecule has 1 aromatic rings. The lowest BCUT2D eigenvalue weighted by molar-refractivity contribution is 0.0994. The molecule has 0 bridgehead atoms. The zero-order valence-corrected chi connectivity index (χ0v) is 8.05. The third-order valence-electron chi connectivity index (χ3n) is 2.76. The third-order valence-corrected chi connectivity index (χ3v) is 2.76. The van der Waals surface area contributed by atoms with Gasteiger partial charge in [-0.1, -0.05) is 12.1 Å². The van der Waals surface area contributed by atoms with Crippen molar-refractivity contribution in [1.29, 1.82) is 0 Å². The average molecular weight is 190 g/mol. The second-order valence-electron chi connectivity index (χ2n) is 3.63. The second-order valence-corrected chi connectivity index (χ2v) is 3.63. The average Bonchev–Trinajstić information content (AvgIpc) is 2.54. The molecular formula is C11H14N2O. The molecule has 1 aromatic carbocycles. The highest BCUT2D eigenvalue weighted by Gasteiger charge is 2.22. The van der Waals surface area contributed by atoms with Gasteiger partial charge in [0, 0.05) is 17.7 Å². The van der Waals surface area contributed by atoms with Crippen molar-refractivity contribution in [3.8, 4) is 0 Å². The van der Waals surface area contributed by atoms with E-state index < -0.39 is 0 Å². The van der Waals surface area contributed by atoms with Crippen LogP contribution < -0.4 is 11.5 Å². The van der Waals surface area contributed by atoms with Crippen LogP contribution in [0.15, 0.2) is 12.1 Å². The van der Waals surface area contributed by atoms with Crippen LogP contribution in [0.1, 0.15) is 27.9 Å². The molecule has 0 aliphatic heterocycles. The van der Waals surface area contributed by atoms with Gasteiger partial charge in [0.1, 0.15) is 0 Å². The van der Waals surface area contributed by atoms with Gasteiger partial charge in [0.2, 0.25) is 0 Å². The minimum atomic E-state index is 0.214. The van der Waals surface area contributed by atoms with Gasteiger partial charge in [0.05, 0.1) is 0 Å². The molecule has 0 aromatic heterocycles. The third kappa shape index (κ3) is 1.30. The van der Waals surface area contributed by atoms with Crippen LogP contribution >= 0.6 is 0 Å². The van der Waals surface area contributed by atoms with Gasteiger partial charge in [-0.15, -0.1) is 0 Å². The number of hydrogen-bond acceptors (Lipinski definition) is 3. The predicted molar refractivity (Wildman–Crippen MR) is 56.3 cm³/mol. The zero-order valence-electron chi connectivity index (χ0n) is 8.05. The van der Waals surface area contributed by atoms with Gasteiger partial charge >= 0.3 is 0 Å². The lowest BCUT2D eigenvalue weighted by Crippen LogP contribution is -2.07. The number of carbonyl (C=O) groups is 1. The second kappa shape index (κ2) is 3.42. The summed E-state index contributed by atoms with van der Waals surface area (Å²) in [5, 5.41) is 0. The molecule has 14 heavy (non-hydrogen) atoms. The highest BCUT2D eigenvalue weighted by Crippen LogP contribution is 2.29. The van der Waals surface area contributed by atoms with Crippen LogP contribution in [0, 0.1) is 0 Å². The number of rotatable bonds is 2. The lowest BCUT2D eigenvalue weighted by Gasteiger charge is -2.08. The molecule has 0 saturated carbocycles. The van der Waals surface area contributed by atoms with E-state index in [0.29, 0.717) is 13.0 Å². The number of nitrogens with two attached hydrogens (primary N) is 2. The van der Waals surface area contributed by atoms with Crippen LogP contribution in [-0.2, 0) is 12.8 Å². The van der Waals surface area contributed by atoms with Crippen molar-refractivity contribution in [2.24, 2.45) is 5.73 Å². The number of nitrogen functional groups attached to an aromatic ring is 1. The van der Waals surface area contributed by atoms with E-state index in [9.17, 15) is 4.79 Å². The fourth-order valence-electron chi connectivity index (χ4n) is 1.99. The van der Waals surface area contributed by atoms with Crippen molar-refractivity contribution in [1.82, 2.24) is 0 Å². The summed E-state index contributed by atoms with van der Waals surface area (Å²) in [6, 6.07) is 3.80. The van der Waals surface area contributed by atoms with E-state index >= 15 is 0 Å². The predicted octanol–water partition coefficient (Wildman–Crippen LogP) is 0.899. The Kier molecular flexibility index (Phi) is 2.25. The Bertz CT molecular complexity index is 385. The SMILES string of the molecule is NCCc1ccc2c(c1N)CCC2=O. The van der Waals surface area contributed by atoms with Crippen LogP contribution in [0.25, 0.3) is 0 Å². The minimum Gasteiger partial charge on any atom is -0.398 e. The van der Waals surface area contributed by atoms with E-state index in [0.717, 1.165) is 35.2 Å². The summed E-state index contributed by atoms with van der Waals surface area (Å²) in [4.78, 5) is 11.4. The largest absolute Gasteiger partial charge is 0.398 e. The Morgan fingerprint density at radius 2 is 2.07 bits per heavy atom. The maximum atomic E-state index is 11.4. The molecule has 3 heteroatoms. The van der Waals surface area contributed by atoms with E-state index in [1.165, 1.54) is 0 Å². The smallest absolute Gasteiger partial charge is 0.163 e. The summed E-state index contributed by atoms with van der Waals surface area (Å²) in [5.41, 5.74) is 15.1. The van der Waals surface area contributed by atoms with Gasteiger partial charge in [-0.2, -0.15) is 0 Å². The van der Waals surface area contributed by atoms with Crippen LogP contribution in [0.2, 0.25) is 0 Å². The van der Waals surface area contributed by atoms with Gasteiger partial charge in [0.15, 0.2) is 5.78 Å². The maximum absolute atomic E-state index is 11.4. The van der Waals surface area contributed by atoms with E-state index in [1.807, 2.05) is 12.1 Å². The molecule has 3 nitrogen and oxygen atoms in total. The molecule has 0 unspecified atom stereocenters. The van der Waals surface area contributed by atoms with Crippen molar-refractivity contribution in [2.45, 2.75) is 19.3 Å². The number of fused-ring (bicyclic) bond motifs is 1. The molecule has 2 rings (SSSR count). The highest BCUT2D eigenvalue weighted by molar-refractivity contribution is 6.02. The molecule has 0 fully saturated rings. The van der Waals surface area contributed by atoms with Crippen molar-refractivity contribution < 1.29 is 4.79 Å². The van der Waals surface area contributed by atoms with Crippen LogP contribution in [-0.4, -0.2) is 12.3 Å². The first kappa shape index (κ1) is 9.21. The standard InChI is InChI=1S/C11H14N2O/c12-6-5-7-1-2-8-9(11(7)13)3-4-10(8)14/h1-2H,3-6,12-13H2. The molecule has 0 heterocycles. The number of ketones is 1. The van der Waals surface area contributed by atoms with E-state index in [4.69, 9.17) is 11.5 Å². The van der Waals surface area contributed by atoms with Gasteiger partial charge < -0.3 is 11.5 Å². The van der Waals surface area contributed by atoms with Gasteiger partial charge in [-0.3, -0.25) is 4.79 Å². The summed E-state index contributed by atoms with van der Waals surface area (Å²) in [5.74, 6) is 0.214. The maximum Gasteiger partial charge on any atom is 0.163 e. The van der Waals surface area contributed by atoms with Gasteiger partial charge in [-0.25, -0.2) is 0 Å². The Labute approximate surface area is 83.1 Å². The zero-order chi connectivity index (χ0) is 10.1. The minimum absolute atomic E-state index is 0.214. The molecule has 0 amide bonds. The summed E-state index contributed by atoms with van der Waals surface area (Å²) in [6.07, 6.45) is 2.18. The lowest BCUT2D eigenvalue weighted by atomic mass is 10.0. The molecule has 0 spiro atoms. The van der Waals surface area contributed by atoms with Crippen molar-refractivity contribution >= 4 is 11.5 Å². The summed E-state index contributed by atoms with van der Waals surface area (Å²) >= 11 is 0. The van der Waals surface area contributed by atoms with Crippen LogP contribution in [0.3, 0.4) is 0 Å². The van der Waals surface area contributed by atoms with Crippen molar-refractivity contribution in [3.05, 3.63) is 28.8 Å². The van der Waals surface area contributed by atoms with Crippen LogP contribution in [0.4, 0.5) is 5.69 Å². The number of carbonyl (C=O) groups excluding carboxylic acids is 1. The van der Waals surface area contributed by atoms with E-state index in [-0.39, 0.29) is 5.78 Å². The van der Waals surface area contributed by atoms with E-state index in [2.05, 4.69) is 0 Å². The highest BCUT2D eigenvalue weighted by atomic mass is 16.1. The monoisotopic (exact) mass is 190 g/mol. The summed E-state index contributed by atoms with van der Waals surface area (Å²) in [7, 11) is 0. The number of benzene rings is 1. The van der Waals surface area contributed by atoms with Gasteiger partial charge in [0.25, 0.3) is 0 Å². The first-order valence-corrected chi connectivity index (χ1v) is 4.87.